The molecule has 1 N–H and O–H groups in total. The Morgan fingerprint density at radius 2 is 1.91 bits per heavy atom. The van der Waals surface area contributed by atoms with Crippen LogP contribution in [0.15, 0.2) is 47.5 Å². The minimum Gasteiger partial charge on any atom is -0.454 e. The molecular weight excluding hydrogens is 294 g/mol. The summed E-state index contributed by atoms with van der Waals surface area (Å²) >= 11 is 0. The van der Waals surface area contributed by atoms with E-state index >= 15 is 0 Å². The predicted molar refractivity (Wildman–Crippen MR) is 85.0 cm³/mol. The summed E-state index contributed by atoms with van der Waals surface area (Å²) in [4.78, 5) is 4.41. The van der Waals surface area contributed by atoms with Gasteiger partial charge in [-0.05, 0) is 23.3 Å². The first kappa shape index (κ1) is 14.2. The normalized spacial score (nSPS) is 21.3. The van der Waals surface area contributed by atoms with Gasteiger partial charge in [-0.1, -0.05) is 30.3 Å². The lowest BCUT2D eigenvalue weighted by Gasteiger charge is -2.28. The zero-order chi connectivity index (χ0) is 15.6. The predicted octanol–water partition coefficient (Wildman–Crippen LogP) is 2.47. The second-order valence-electron chi connectivity index (χ2n) is 5.58. The topological polar surface area (TPSA) is 60.3 Å². The lowest BCUT2D eigenvalue weighted by Crippen LogP contribution is -2.27. The van der Waals surface area contributed by atoms with Gasteiger partial charge in [0.2, 0.25) is 6.79 Å². The van der Waals surface area contributed by atoms with Crippen LogP contribution in [-0.4, -0.2) is 30.8 Å². The molecule has 2 aliphatic rings. The second kappa shape index (κ2) is 6.02. The summed E-state index contributed by atoms with van der Waals surface area (Å²) in [5.74, 6) is 1.43. The molecule has 0 spiro atoms. The molecule has 23 heavy (non-hydrogen) atoms. The van der Waals surface area contributed by atoms with Crippen molar-refractivity contribution in [1.29, 1.82) is 0 Å². The van der Waals surface area contributed by atoms with Gasteiger partial charge >= 0.3 is 0 Å². The van der Waals surface area contributed by atoms with Crippen LogP contribution in [-0.2, 0) is 11.3 Å². The van der Waals surface area contributed by atoms with Crippen molar-refractivity contribution in [1.82, 2.24) is 0 Å². The molecule has 118 valence electrons. The zero-order valence-corrected chi connectivity index (χ0v) is 12.5. The van der Waals surface area contributed by atoms with E-state index in [-0.39, 0.29) is 25.5 Å². The molecule has 4 rings (SSSR count). The van der Waals surface area contributed by atoms with E-state index in [4.69, 9.17) is 14.2 Å². The minimum atomic E-state index is -0.313. The summed E-state index contributed by atoms with van der Waals surface area (Å²) in [5, 5.41) is 9.63. The molecule has 0 fully saturated rings. The zero-order valence-electron chi connectivity index (χ0n) is 12.5. The number of hydrogen-bond acceptors (Lipinski definition) is 5. The van der Waals surface area contributed by atoms with Gasteiger partial charge in [0.1, 0.15) is 12.1 Å². The molecule has 0 amide bonds. The highest BCUT2D eigenvalue weighted by Gasteiger charge is 2.30. The minimum absolute atomic E-state index is 0.0656. The molecular formula is C18H17NO4. The Bertz CT molecular complexity index is 729. The Morgan fingerprint density at radius 3 is 2.70 bits per heavy atom. The fraction of sp³-hybridized carbons (Fsp3) is 0.278. The fourth-order valence-corrected chi connectivity index (χ4v) is 2.90. The molecule has 0 bridgehead atoms. The van der Waals surface area contributed by atoms with Gasteiger partial charge in [-0.25, -0.2) is 0 Å². The lowest BCUT2D eigenvalue weighted by molar-refractivity contribution is 0.00831. The maximum Gasteiger partial charge on any atom is 0.231 e. The van der Waals surface area contributed by atoms with Crippen molar-refractivity contribution in [2.75, 3.05) is 13.4 Å². The SMILES string of the molecule is OC[C@H]1N=Cc2cc3c(cc2[C@@H]1OCc1ccccc1)OCO3. The Morgan fingerprint density at radius 1 is 1.13 bits per heavy atom. The number of aliphatic hydroxyl groups is 1. The maximum absolute atomic E-state index is 9.63. The van der Waals surface area contributed by atoms with Crippen LogP contribution in [0.25, 0.3) is 0 Å². The molecule has 2 aromatic rings. The monoisotopic (exact) mass is 311 g/mol. The van der Waals surface area contributed by atoms with Crippen LogP contribution in [0.2, 0.25) is 0 Å². The van der Waals surface area contributed by atoms with Crippen LogP contribution < -0.4 is 9.47 Å². The van der Waals surface area contributed by atoms with E-state index in [1.807, 2.05) is 42.5 Å². The van der Waals surface area contributed by atoms with E-state index in [1.54, 1.807) is 6.21 Å². The first-order valence-electron chi connectivity index (χ1n) is 7.58. The summed E-state index contributed by atoms with van der Waals surface area (Å²) in [7, 11) is 0. The van der Waals surface area contributed by atoms with Crippen LogP contribution in [0.1, 0.15) is 22.8 Å². The van der Waals surface area contributed by atoms with Crippen molar-refractivity contribution in [3.63, 3.8) is 0 Å². The summed E-state index contributed by atoms with van der Waals surface area (Å²) in [6, 6.07) is 13.5. The Hall–Kier alpha value is -2.37. The van der Waals surface area contributed by atoms with Crippen LogP contribution in [0.3, 0.4) is 0 Å². The number of aliphatic hydroxyl groups excluding tert-OH is 1. The van der Waals surface area contributed by atoms with Gasteiger partial charge in [-0.3, -0.25) is 4.99 Å². The smallest absolute Gasteiger partial charge is 0.231 e. The van der Waals surface area contributed by atoms with E-state index in [2.05, 4.69) is 4.99 Å². The highest BCUT2D eigenvalue weighted by Crippen LogP contribution is 2.40. The van der Waals surface area contributed by atoms with Crippen molar-refractivity contribution < 1.29 is 19.3 Å². The van der Waals surface area contributed by atoms with Crippen molar-refractivity contribution in [3.05, 3.63) is 59.2 Å². The Balaban J connectivity index is 1.63. The van der Waals surface area contributed by atoms with E-state index in [1.165, 1.54) is 0 Å². The number of fused-ring (bicyclic) bond motifs is 2. The number of nitrogens with zero attached hydrogens (tertiary/aromatic N) is 1. The fourth-order valence-electron chi connectivity index (χ4n) is 2.90. The standard InChI is InChI=1S/C18H17NO4/c20-9-15-18(21-10-12-4-2-1-3-5-12)14-7-17-16(22-11-23-17)6-13(14)8-19-15/h1-8,15,18,20H,9-11H2/t15-,18+/m1/s1. The van der Waals surface area contributed by atoms with Crippen molar-refractivity contribution in [2.24, 2.45) is 4.99 Å². The van der Waals surface area contributed by atoms with Gasteiger partial charge in [-0.15, -0.1) is 0 Å². The molecule has 2 atom stereocenters. The first-order chi connectivity index (χ1) is 11.3. The maximum atomic E-state index is 9.63. The van der Waals surface area contributed by atoms with E-state index in [9.17, 15) is 5.11 Å². The van der Waals surface area contributed by atoms with Gasteiger partial charge in [0.15, 0.2) is 11.5 Å². The Kier molecular flexibility index (Phi) is 3.73. The molecule has 0 saturated heterocycles. The third-order valence-electron chi connectivity index (χ3n) is 4.10. The molecule has 0 saturated carbocycles. The number of aliphatic imine (C=N–C) groups is 1. The molecule has 2 aromatic carbocycles. The van der Waals surface area contributed by atoms with Gasteiger partial charge in [0.05, 0.1) is 13.2 Å². The molecule has 5 heteroatoms. The summed E-state index contributed by atoms with van der Waals surface area (Å²) in [6.07, 6.45) is 1.45. The van der Waals surface area contributed by atoms with E-state index in [0.29, 0.717) is 12.4 Å². The third-order valence-corrected chi connectivity index (χ3v) is 4.10. The molecule has 2 heterocycles. The summed E-state index contributed by atoms with van der Waals surface area (Å²) < 4.78 is 17.0. The number of ether oxygens (including phenoxy) is 3. The first-order valence-corrected chi connectivity index (χ1v) is 7.58. The lowest BCUT2D eigenvalue weighted by atomic mass is 9.94. The third kappa shape index (κ3) is 2.69. The van der Waals surface area contributed by atoms with Crippen LogP contribution in [0, 0.1) is 0 Å². The van der Waals surface area contributed by atoms with Crippen LogP contribution in [0.4, 0.5) is 0 Å². The van der Waals surface area contributed by atoms with Gasteiger partial charge in [-0.2, -0.15) is 0 Å². The second-order valence-corrected chi connectivity index (χ2v) is 5.58. The van der Waals surface area contributed by atoms with Crippen molar-refractivity contribution >= 4 is 6.21 Å². The highest BCUT2D eigenvalue weighted by atomic mass is 16.7. The quantitative estimate of drug-likeness (QED) is 0.942. The van der Waals surface area contributed by atoms with Gasteiger partial charge in [0, 0.05) is 11.8 Å². The number of rotatable bonds is 4. The molecule has 2 aliphatic heterocycles. The summed E-state index contributed by atoms with van der Waals surface area (Å²) in [6.45, 7) is 0.629. The Labute approximate surface area is 134 Å². The van der Waals surface area contributed by atoms with Gasteiger partial charge in [0.25, 0.3) is 0 Å². The molecule has 5 nitrogen and oxygen atoms in total. The highest BCUT2D eigenvalue weighted by molar-refractivity contribution is 5.85. The molecule has 0 aliphatic carbocycles. The average Bonchev–Trinajstić information content (AvgIpc) is 3.06. The number of benzene rings is 2. The van der Waals surface area contributed by atoms with E-state index < -0.39 is 0 Å². The van der Waals surface area contributed by atoms with Crippen LogP contribution >= 0.6 is 0 Å². The van der Waals surface area contributed by atoms with Crippen molar-refractivity contribution in [3.8, 4) is 11.5 Å². The van der Waals surface area contributed by atoms with Crippen LogP contribution in [0.5, 0.6) is 11.5 Å². The van der Waals surface area contributed by atoms with Gasteiger partial charge < -0.3 is 19.3 Å². The summed E-state index contributed by atoms with van der Waals surface area (Å²) in [5.41, 5.74) is 3.00. The molecule has 0 aromatic heterocycles. The largest absolute Gasteiger partial charge is 0.454 e. The molecule has 0 unspecified atom stereocenters. The van der Waals surface area contributed by atoms with E-state index in [0.717, 1.165) is 22.4 Å². The van der Waals surface area contributed by atoms with Crippen molar-refractivity contribution in [2.45, 2.75) is 18.8 Å². The molecule has 0 radical (unpaired) electrons. The number of hydrogen-bond donors (Lipinski definition) is 1. The average molecular weight is 311 g/mol.